The SMILES string of the molecule is COc1cccc(-c2nn([C@H]3c4cc(F)cc(F)c4C[C@H]3O)c3c2CN(C(C)=O)CC3)c1. The standard InChI is InChI=1S/C24H23F2N3O3/c1-13(30)28-7-6-21-19(12-28)23(14-4-3-5-16(8-14)32-2)27-29(21)24-18-9-15(25)10-20(26)17(18)11-22(24)31/h3-5,8-10,22,24,31H,6-7,11-12H2,1-2H3/t22-,24+/m1/s1. The first-order valence-electron chi connectivity index (χ1n) is 10.5. The molecule has 1 aromatic heterocycles. The van der Waals surface area contributed by atoms with Gasteiger partial charge in [-0.15, -0.1) is 0 Å². The molecular formula is C24H23F2N3O3. The van der Waals surface area contributed by atoms with Crippen molar-refractivity contribution in [2.24, 2.45) is 0 Å². The lowest BCUT2D eigenvalue weighted by atomic mass is 9.99. The van der Waals surface area contributed by atoms with Crippen LogP contribution in [-0.2, 0) is 24.2 Å². The van der Waals surface area contributed by atoms with E-state index in [2.05, 4.69) is 0 Å². The summed E-state index contributed by atoms with van der Waals surface area (Å²) in [6, 6.07) is 8.88. The maximum absolute atomic E-state index is 14.4. The van der Waals surface area contributed by atoms with E-state index in [1.54, 1.807) is 16.7 Å². The first-order valence-corrected chi connectivity index (χ1v) is 10.5. The zero-order valence-electron chi connectivity index (χ0n) is 17.8. The van der Waals surface area contributed by atoms with Crippen LogP contribution in [0.15, 0.2) is 36.4 Å². The van der Waals surface area contributed by atoms with Gasteiger partial charge in [0, 0.05) is 55.7 Å². The molecule has 166 valence electrons. The predicted octanol–water partition coefficient (Wildman–Crippen LogP) is 3.25. The van der Waals surface area contributed by atoms with Gasteiger partial charge < -0.3 is 14.7 Å². The molecule has 1 N–H and O–H groups in total. The van der Waals surface area contributed by atoms with E-state index >= 15 is 0 Å². The Morgan fingerprint density at radius 1 is 1.22 bits per heavy atom. The number of amides is 1. The smallest absolute Gasteiger partial charge is 0.219 e. The van der Waals surface area contributed by atoms with Crippen LogP contribution in [0.1, 0.15) is 35.3 Å². The van der Waals surface area contributed by atoms with Gasteiger partial charge in [-0.3, -0.25) is 9.48 Å². The summed E-state index contributed by atoms with van der Waals surface area (Å²) in [7, 11) is 1.58. The van der Waals surface area contributed by atoms with E-state index in [0.29, 0.717) is 42.1 Å². The number of methoxy groups -OCH3 is 1. The van der Waals surface area contributed by atoms with Crippen LogP contribution >= 0.6 is 0 Å². The summed E-state index contributed by atoms with van der Waals surface area (Å²) in [5.41, 5.74) is 3.94. The summed E-state index contributed by atoms with van der Waals surface area (Å²) >= 11 is 0. The summed E-state index contributed by atoms with van der Waals surface area (Å²) in [4.78, 5) is 13.8. The molecule has 1 aliphatic heterocycles. The van der Waals surface area contributed by atoms with Crippen LogP contribution in [0, 0.1) is 11.6 Å². The number of nitrogens with zero attached hydrogens (tertiary/aromatic N) is 3. The number of aromatic nitrogens is 2. The van der Waals surface area contributed by atoms with Gasteiger partial charge in [0.15, 0.2) is 0 Å². The first kappa shape index (κ1) is 20.6. The molecule has 0 unspecified atom stereocenters. The maximum Gasteiger partial charge on any atom is 0.219 e. The summed E-state index contributed by atoms with van der Waals surface area (Å²) in [5.74, 6) is -0.703. The van der Waals surface area contributed by atoms with E-state index in [0.717, 1.165) is 22.9 Å². The molecular weight excluding hydrogens is 416 g/mol. The van der Waals surface area contributed by atoms with E-state index in [9.17, 15) is 18.7 Å². The second kappa shape index (κ2) is 7.70. The van der Waals surface area contributed by atoms with E-state index in [4.69, 9.17) is 9.84 Å². The Morgan fingerprint density at radius 2 is 2.03 bits per heavy atom. The fraction of sp³-hybridized carbons (Fsp3) is 0.333. The van der Waals surface area contributed by atoms with Gasteiger partial charge in [0.2, 0.25) is 5.91 Å². The molecule has 32 heavy (non-hydrogen) atoms. The Labute approximate surface area is 184 Å². The number of aliphatic hydroxyl groups is 1. The van der Waals surface area contributed by atoms with Gasteiger partial charge >= 0.3 is 0 Å². The first-order chi connectivity index (χ1) is 15.4. The highest BCUT2D eigenvalue weighted by molar-refractivity contribution is 5.75. The van der Waals surface area contributed by atoms with Gasteiger partial charge in [-0.2, -0.15) is 5.10 Å². The molecule has 5 rings (SSSR count). The minimum Gasteiger partial charge on any atom is -0.497 e. The van der Waals surface area contributed by atoms with Crippen molar-refractivity contribution in [3.8, 4) is 17.0 Å². The van der Waals surface area contributed by atoms with E-state index < -0.39 is 23.8 Å². The lowest BCUT2D eigenvalue weighted by Crippen LogP contribution is -2.35. The number of fused-ring (bicyclic) bond motifs is 2. The van der Waals surface area contributed by atoms with Crippen molar-refractivity contribution < 1.29 is 23.4 Å². The Morgan fingerprint density at radius 3 is 2.78 bits per heavy atom. The van der Waals surface area contributed by atoms with Gasteiger partial charge in [-0.1, -0.05) is 12.1 Å². The van der Waals surface area contributed by atoms with E-state index in [1.165, 1.54) is 13.0 Å². The number of hydrogen-bond acceptors (Lipinski definition) is 4. The van der Waals surface area contributed by atoms with Gasteiger partial charge in [0.05, 0.1) is 18.9 Å². The minimum atomic E-state index is -0.936. The van der Waals surface area contributed by atoms with Crippen LogP contribution in [0.2, 0.25) is 0 Å². The van der Waals surface area contributed by atoms with Crippen molar-refractivity contribution in [1.29, 1.82) is 0 Å². The van der Waals surface area contributed by atoms with Crippen LogP contribution in [0.3, 0.4) is 0 Å². The predicted molar refractivity (Wildman–Crippen MR) is 113 cm³/mol. The van der Waals surface area contributed by atoms with Crippen molar-refractivity contribution in [2.75, 3.05) is 13.7 Å². The number of carbonyl (C=O) groups excluding carboxylic acids is 1. The zero-order valence-corrected chi connectivity index (χ0v) is 17.8. The normalized spacial score (nSPS) is 19.6. The number of benzene rings is 2. The molecule has 2 aromatic carbocycles. The highest BCUT2D eigenvalue weighted by atomic mass is 19.1. The minimum absolute atomic E-state index is 0.0321. The Hall–Kier alpha value is -3.26. The van der Waals surface area contributed by atoms with Crippen molar-refractivity contribution in [3.63, 3.8) is 0 Å². The number of ether oxygens (including phenoxy) is 1. The van der Waals surface area contributed by atoms with Crippen LogP contribution < -0.4 is 4.74 Å². The number of carbonyl (C=O) groups is 1. The molecule has 0 fully saturated rings. The molecule has 2 aliphatic rings. The number of rotatable bonds is 3. The quantitative estimate of drug-likeness (QED) is 0.681. The lowest BCUT2D eigenvalue weighted by Gasteiger charge is -2.28. The monoisotopic (exact) mass is 439 g/mol. The number of hydrogen-bond donors (Lipinski definition) is 1. The van der Waals surface area contributed by atoms with Crippen molar-refractivity contribution in [3.05, 3.63) is 70.4 Å². The molecule has 0 bridgehead atoms. The second-order valence-corrected chi connectivity index (χ2v) is 8.31. The highest BCUT2D eigenvalue weighted by Crippen LogP contribution is 2.40. The largest absolute Gasteiger partial charge is 0.497 e. The van der Waals surface area contributed by atoms with Gasteiger partial charge in [0.25, 0.3) is 0 Å². The molecule has 8 heteroatoms. The van der Waals surface area contributed by atoms with Crippen molar-refractivity contribution in [1.82, 2.24) is 14.7 Å². The Balaban J connectivity index is 1.69. The van der Waals surface area contributed by atoms with Gasteiger partial charge in [0.1, 0.15) is 23.4 Å². The van der Waals surface area contributed by atoms with Crippen LogP contribution in [0.25, 0.3) is 11.3 Å². The lowest BCUT2D eigenvalue weighted by molar-refractivity contribution is -0.129. The molecule has 6 nitrogen and oxygen atoms in total. The molecule has 3 aromatic rings. The van der Waals surface area contributed by atoms with Gasteiger partial charge in [-0.25, -0.2) is 8.78 Å². The molecule has 0 saturated heterocycles. The third-order valence-corrected chi connectivity index (χ3v) is 6.43. The maximum atomic E-state index is 14.4. The van der Waals surface area contributed by atoms with Gasteiger partial charge in [-0.05, 0) is 29.3 Å². The fourth-order valence-electron chi connectivity index (χ4n) is 4.87. The average Bonchev–Trinajstić information content (AvgIpc) is 3.30. The molecule has 0 spiro atoms. The van der Waals surface area contributed by atoms with Crippen LogP contribution in [0.4, 0.5) is 8.78 Å². The Kier molecular flexibility index (Phi) is 4.97. The van der Waals surface area contributed by atoms with E-state index in [1.807, 2.05) is 24.3 Å². The Bertz CT molecular complexity index is 1220. The van der Waals surface area contributed by atoms with Crippen LogP contribution in [0.5, 0.6) is 5.75 Å². The molecule has 0 saturated carbocycles. The third-order valence-electron chi connectivity index (χ3n) is 6.43. The second-order valence-electron chi connectivity index (χ2n) is 8.31. The zero-order chi connectivity index (χ0) is 22.6. The topological polar surface area (TPSA) is 67.6 Å². The summed E-state index contributed by atoms with van der Waals surface area (Å²) in [6.45, 7) is 2.42. The molecule has 2 atom stereocenters. The fourth-order valence-corrected chi connectivity index (χ4v) is 4.87. The highest BCUT2D eigenvalue weighted by Gasteiger charge is 2.39. The average molecular weight is 439 g/mol. The summed E-state index contributed by atoms with van der Waals surface area (Å²) in [6.07, 6.45) is -0.314. The molecule has 2 heterocycles. The van der Waals surface area contributed by atoms with Crippen molar-refractivity contribution >= 4 is 5.91 Å². The number of aliphatic hydroxyl groups excluding tert-OH is 1. The van der Waals surface area contributed by atoms with Crippen molar-refractivity contribution in [2.45, 2.75) is 38.5 Å². The van der Waals surface area contributed by atoms with Crippen LogP contribution in [-0.4, -0.2) is 45.5 Å². The molecule has 0 radical (unpaired) electrons. The summed E-state index contributed by atoms with van der Waals surface area (Å²) < 4.78 is 35.5. The molecule has 1 amide bonds. The summed E-state index contributed by atoms with van der Waals surface area (Å²) in [5, 5.41) is 15.7. The third kappa shape index (κ3) is 3.26. The number of halogens is 2. The molecule has 1 aliphatic carbocycles. The van der Waals surface area contributed by atoms with E-state index in [-0.39, 0.29) is 12.3 Å².